The second-order valence-electron chi connectivity index (χ2n) is 3.85. The van der Waals surface area contributed by atoms with E-state index in [4.69, 9.17) is 0 Å². The van der Waals surface area contributed by atoms with E-state index in [1.54, 1.807) is 7.05 Å². The zero-order chi connectivity index (χ0) is 15.4. The third kappa shape index (κ3) is 3.18. The van der Waals surface area contributed by atoms with Crippen LogP contribution in [0.1, 0.15) is 10.4 Å². The molecular weight excluding hydrogens is 280 g/mol. The van der Waals surface area contributed by atoms with Gasteiger partial charge in [-0.2, -0.15) is 5.10 Å². The SMILES string of the molecule is CNc1cc(C(=O)Nc2ccc(=O)[nH]n2)c([N+](=O)[O-])cn1. The molecule has 0 bridgehead atoms. The Morgan fingerprint density at radius 3 is 2.71 bits per heavy atom. The molecule has 21 heavy (non-hydrogen) atoms. The summed E-state index contributed by atoms with van der Waals surface area (Å²) >= 11 is 0. The lowest BCUT2D eigenvalue weighted by Crippen LogP contribution is -2.17. The minimum absolute atomic E-state index is 0.0664. The minimum atomic E-state index is -0.736. The van der Waals surface area contributed by atoms with Crippen LogP contribution in [0.3, 0.4) is 0 Å². The second kappa shape index (κ2) is 5.77. The van der Waals surface area contributed by atoms with Crippen molar-refractivity contribution in [3.63, 3.8) is 0 Å². The van der Waals surface area contributed by atoms with E-state index in [0.717, 1.165) is 6.20 Å². The van der Waals surface area contributed by atoms with Gasteiger partial charge in [0.15, 0.2) is 5.82 Å². The van der Waals surface area contributed by atoms with Gasteiger partial charge in [-0.3, -0.25) is 19.7 Å². The van der Waals surface area contributed by atoms with E-state index >= 15 is 0 Å². The number of carbonyl (C=O) groups excluding carboxylic acids is 1. The largest absolute Gasteiger partial charge is 0.373 e. The Balaban J connectivity index is 2.35. The number of nitro groups is 1. The summed E-state index contributed by atoms with van der Waals surface area (Å²) in [5.41, 5.74) is -1.04. The first-order valence-corrected chi connectivity index (χ1v) is 5.70. The van der Waals surface area contributed by atoms with E-state index in [-0.39, 0.29) is 11.4 Å². The molecule has 1 amide bonds. The van der Waals surface area contributed by atoms with Gasteiger partial charge in [-0.05, 0) is 6.07 Å². The van der Waals surface area contributed by atoms with E-state index < -0.39 is 22.1 Å². The lowest BCUT2D eigenvalue weighted by molar-refractivity contribution is -0.385. The molecule has 0 aromatic carbocycles. The van der Waals surface area contributed by atoms with Crippen LogP contribution in [-0.2, 0) is 0 Å². The maximum atomic E-state index is 12.1. The van der Waals surface area contributed by atoms with Crippen LogP contribution in [0.15, 0.2) is 29.2 Å². The van der Waals surface area contributed by atoms with Crippen LogP contribution < -0.4 is 16.2 Å². The van der Waals surface area contributed by atoms with Crippen LogP contribution in [-0.4, -0.2) is 33.1 Å². The van der Waals surface area contributed by atoms with Crippen molar-refractivity contribution < 1.29 is 9.72 Å². The third-order valence-corrected chi connectivity index (χ3v) is 2.50. The fourth-order valence-corrected chi connectivity index (χ4v) is 1.51. The van der Waals surface area contributed by atoms with E-state index in [0.29, 0.717) is 5.82 Å². The van der Waals surface area contributed by atoms with Gasteiger partial charge in [0.05, 0.1) is 4.92 Å². The Bertz CT molecular complexity index is 736. The van der Waals surface area contributed by atoms with Gasteiger partial charge in [0.25, 0.3) is 17.2 Å². The van der Waals surface area contributed by atoms with Gasteiger partial charge in [-0.1, -0.05) is 0 Å². The standard InChI is InChI=1S/C11H10N6O4/c1-12-9-4-6(7(5-13-9)17(20)21)11(19)14-8-2-3-10(18)16-15-8/h2-5H,1H3,(H,12,13)(H,16,18)(H,14,15,19). The van der Waals surface area contributed by atoms with E-state index in [2.05, 4.69) is 25.8 Å². The number of aromatic nitrogens is 3. The van der Waals surface area contributed by atoms with E-state index in [9.17, 15) is 19.7 Å². The fraction of sp³-hybridized carbons (Fsp3) is 0.0909. The zero-order valence-corrected chi connectivity index (χ0v) is 10.8. The first-order chi connectivity index (χ1) is 10.0. The van der Waals surface area contributed by atoms with Gasteiger partial charge in [0.2, 0.25) is 0 Å². The van der Waals surface area contributed by atoms with Crippen LogP contribution in [0, 0.1) is 10.1 Å². The Hall–Kier alpha value is -3.30. The van der Waals surface area contributed by atoms with Crippen molar-refractivity contribution in [2.45, 2.75) is 0 Å². The maximum Gasteiger partial charge on any atom is 0.300 e. The molecule has 108 valence electrons. The highest BCUT2D eigenvalue weighted by Gasteiger charge is 2.22. The van der Waals surface area contributed by atoms with Crippen molar-refractivity contribution in [2.24, 2.45) is 0 Å². The number of amides is 1. The van der Waals surface area contributed by atoms with Crippen molar-refractivity contribution in [1.82, 2.24) is 15.2 Å². The van der Waals surface area contributed by atoms with Crippen LogP contribution in [0.25, 0.3) is 0 Å². The summed E-state index contributed by atoms with van der Waals surface area (Å²) < 4.78 is 0. The summed E-state index contributed by atoms with van der Waals surface area (Å²) in [5, 5.41) is 21.7. The highest BCUT2D eigenvalue weighted by atomic mass is 16.6. The molecule has 2 aromatic heterocycles. The molecule has 0 spiro atoms. The minimum Gasteiger partial charge on any atom is -0.373 e. The summed E-state index contributed by atoms with van der Waals surface area (Å²) in [5.74, 6) is -0.364. The molecule has 0 saturated heterocycles. The number of rotatable bonds is 4. The quantitative estimate of drug-likeness (QED) is 0.545. The molecule has 0 aliphatic carbocycles. The average Bonchev–Trinajstić information content (AvgIpc) is 2.48. The monoisotopic (exact) mass is 290 g/mol. The second-order valence-corrected chi connectivity index (χ2v) is 3.85. The summed E-state index contributed by atoms with van der Waals surface area (Å²) in [6, 6.07) is 3.70. The van der Waals surface area contributed by atoms with Gasteiger partial charge in [-0.15, -0.1) is 0 Å². The van der Waals surface area contributed by atoms with Crippen molar-refractivity contribution in [1.29, 1.82) is 0 Å². The van der Waals surface area contributed by atoms with Crippen LogP contribution >= 0.6 is 0 Å². The lowest BCUT2D eigenvalue weighted by atomic mass is 10.2. The maximum absolute atomic E-state index is 12.1. The molecule has 0 aliphatic rings. The summed E-state index contributed by atoms with van der Waals surface area (Å²) in [6.07, 6.45) is 0.987. The highest BCUT2D eigenvalue weighted by Crippen LogP contribution is 2.21. The first kappa shape index (κ1) is 14.1. The zero-order valence-electron chi connectivity index (χ0n) is 10.8. The molecule has 0 aliphatic heterocycles. The topological polar surface area (TPSA) is 143 Å². The summed E-state index contributed by atoms with van der Waals surface area (Å²) in [4.78, 5) is 37.0. The van der Waals surface area contributed by atoms with Gasteiger partial charge < -0.3 is 10.6 Å². The molecule has 0 saturated carbocycles. The van der Waals surface area contributed by atoms with Crippen molar-refractivity contribution >= 4 is 23.2 Å². The van der Waals surface area contributed by atoms with Gasteiger partial charge in [0, 0.05) is 19.2 Å². The Morgan fingerprint density at radius 2 is 2.14 bits per heavy atom. The van der Waals surface area contributed by atoms with E-state index in [1.165, 1.54) is 18.2 Å². The van der Waals surface area contributed by atoms with Crippen molar-refractivity contribution in [3.8, 4) is 0 Å². The summed E-state index contributed by atoms with van der Waals surface area (Å²) in [6.45, 7) is 0. The first-order valence-electron chi connectivity index (χ1n) is 5.70. The number of aromatic amines is 1. The molecule has 10 nitrogen and oxygen atoms in total. The fourth-order valence-electron chi connectivity index (χ4n) is 1.51. The molecular formula is C11H10N6O4. The van der Waals surface area contributed by atoms with Gasteiger partial charge in [0.1, 0.15) is 17.6 Å². The molecule has 2 heterocycles. The molecule has 0 radical (unpaired) electrons. The molecule has 0 atom stereocenters. The van der Waals surface area contributed by atoms with Crippen molar-refractivity contribution in [3.05, 3.63) is 50.4 Å². The van der Waals surface area contributed by atoms with Crippen LogP contribution in [0.5, 0.6) is 0 Å². The Labute approximate surface area is 117 Å². The Kier molecular flexibility index (Phi) is 3.88. The number of pyridine rings is 1. The third-order valence-electron chi connectivity index (χ3n) is 2.50. The number of nitrogens with zero attached hydrogens (tertiary/aromatic N) is 3. The van der Waals surface area contributed by atoms with E-state index in [1.807, 2.05) is 0 Å². The van der Waals surface area contributed by atoms with Gasteiger partial charge in [-0.25, -0.2) is 10.1 Å². The normalized spacial score (nSPS) is 9.95. The Morgan fingerprint density at radius 1 is 1.38 bits per heavy atom. The smallest absolute Gasteiger partial charge is 0.300 e. The molecule has 10 heteroatoms. The predicted molar refractivity (Wildman–Crippen MR) is 73.2 cm³/mol. The lowest BCUT2D eigenvalue weighted by Gasteiger charge is -2.06. The average molecular weight is 290 g/mol. The van der Waals surface area contributed by atoms with Gasteiger partial charge >= 0.3 is 0 Å². The molecule has 0 unspecified atom stereocenters. The highest BCUT2D eigenvalue weighted by molar-refractivity contribution is 6.06. The summed E-state index contributed by atoms with van der Waals surface area (Å²) in [7, 11) is 1.57. The number of hydrogen-bond acceptors (Lipinski definition) is 7. The van der Waals surface area contributed by atoms with Crippen LogP contribution in [0.2, 0.25) is 0 Å². The molecule has 0 fully saturated rings. The van der Waals surface area contributed by atoms with Crippen molar-refractivity contribution in [2.75, 3.05) is 17.7 Å². The number of H-pyrrole nitrogens is 1. The number of nitrogens with one attached hydrogen (secondary N) is 3. The number of hydrogen-bond donors (Lipinski definition) is 3. The molecule has 2 aromatic rings. The number of anilines is 2. The predicted octanol–water partition coefficient (Wildman–Crippen LogP) is 0.367. The molecule has 3 N–H and O–H groups in total. The van der Waals surface area contributed by atoms with Crippen LogP contribution in [0.4, 0.5) is 17.3 Å². The number of carbonyl (C=O) groups is 1. The molecule has 2 rings (SSSR count).